The van der Waals surface area contributed by atoms with Crippen LogP contribution in [0.25, 0.3) is 6.08 Å². The van der Waals surface area contributed by atoms with Crippen LogP contribution in [0.3, 0.4) is 0 Å². The van der Waals surface area contributed by atoms with E-state index in [1.54, 1.807) is 20.2 Å². The molecule has 1 saturated heterocycles. The van der Waals surface area contributed by atoms with Gasteiger partial charge in [-0.2, -0.15) is 0 Å². The van der Waals surface area contributed by atoms with E-state index in [9.17, 15) is 4.79 Å². The van der Waals surface area contributed by atoms with Gasteiger partial charge in [-0.05, 0) is 57.5 Å². The number of hydrogen-bond donors (Lipinski definition) is 1. The Morgan fingerprint density at radius 2 is 2.00 bits per heavy atom. The van der Waals surface area contributed by atoms with Crippen molar-refractivity contribution in [2.24, 2.45) is 0 Å². The van der Waals surface area contributed by atoms with Gasteiger partial charge < -0.3 is 14.8 Å². The molecule has 2 aromatic carbocycles. The molecule has 2 aromatic rings. The van der Waals surface area contributed by atoms with Crippen molar-refractivity contribution in [3.8, 4) is 11.5 Å². The molecule has 1 fully saturated rings. The minimum absolute atomic E-state index is 0.172. The maximum Gasteiger partial charge on any atom is 0.276 e. The fourth-order valence-electron chi connectivity index (χ4n) is 2.48. The van der Waals surface area contributed by atoms with Crippen molar-refractivity contribution in [3.63, 3.8) is 0 Å². The van der Waals surface area contributed by atoms with Gasteiger partial charge in [0.05, 0.1) is 11.6 Å². The normalized spacial score (nSPS) is 15.3. The highest BCUT2D eigenvalue weighted by Gasteiger charge is 2.27. The van der Waals surface area contributed by atoms with E-state index in [0.717, 1.165) is 15.6 Å². The second kappa shape index (κ2) is 7.88. The van der Waals surface area contributed by atoms with Crippen molar-refractivity contribution in [2.45, 2.75) is 6.61 Å². The molecule has 0 unspecified atom stereocenters. The molecule has 0 radical (unpaired) electrons. The van der Waals surface area contributed by atoms with Crippen LogP contribution in [-0.4, -0.2) is 30.1 Å². The first kappa shape index (κ1) is 18.4. The van der Waals surface area contributed by atoms with Gasteiger partial charge in [0, 0.05) is 7.05 Å². The van der Waals surface area contributed by atoms with E-state index in [1.807, 2.05) is 42.5 Å². The fourth-order valence-corrected chi connectivity index (χ4v) is 3.25. The van der Waals surface area contributed by atoms with Gasteiger partial charge in [0.15, 0.2) is 16.6 Å². The Bertz CT molecular complexity index is 884. The number of amides is 1. The zero-order chi connectivity index (χ0) is 18.7. The lowest BCUT2D eigenvalue weighted by atomic mass is 10.1. The summed E-state index contributed by atoms with van der Waals surface area (Å²) in [5.41, 5.74) is 2.27. The summed E-state index contributed by atoms with van der Waals surface area (Å²) in [6.07, 6.45) is 1.73. The van der Waals surface area contributed by atoms with Gasteiger partial charge in [0.2, 0.25) is 0 Å². The smallest absolute Gasteiger partial charge is 0.276 e. The molecule has 7 heteroatoms. The van der Waals surface area contributed by atoms with Crippen LogP contribution in [0.4, 0.5) is 0 Å². The van der Waals surface area contributed by atoms with E-state index >= 15 is 0 Å². The Morgan fingerprint density at radius 3 is 2.62 bits per heavy atom. The van der Waals surface area contributed by atoms with E-state index in [1.165, 1.54) is 4.90 Å². The zero-order valence-corrected chi connectivity index (χ0v) is 16.7. The zero-order valence-electron chi connectivity index (χ0n) is 14.3. The first-order valence-electron chi connectivity index (χ1n) is 7.84. The molecule has 1 N–H and O–H groups in total. The summed E-state index contributed by atoms with van der Waals surface area (Å²) in [5, 5.41) is 3.29. The van der Waals surface area contributed by atoms with E-state index in [2.05, 4.69) is 21.2 Å². The second-order valence-corrected chi connectivity index (χ2v) is 6.90. The number of carbonyl (C=O) groups is 1. The molecular weight excluding hydrogens is 416 g/mol. The highest BCUT2D eigenvalue weighted by atomic mass is 79.9. The molecule has 5 nitrogen and oxygen atoms in total. The topological polar surface area (TPSA) is 50.8 Å². The summed E-state index contributed by atoms with van der Waals surface area (Å²) in [7, 11) is 3.21. The summed E-state index contributed by atoms with van der Waals surface area (Å²) < 4.78 is 12.1. The quantitative estimate of drug-likeness (QED) is 0.576. The third-order valence-corrected chi connectivity index (χ3v) is 4.84. The van der Waals surface area contributed by atoms with Gasteiger partial charge >= 0.3 is 0 Å². The number of hydrogen-bond acceptors (Lipinski definition) is 4. The van der Waals surface area contributed by atoms with Crippen LogP contribution in [0.5, 0.6) is 11.5 Å². The SMILES string of the molecule is COc1cc(C=C2NC(=S)N(C)C2=O)cc(Br)c1OCc1ccccc1. The number of benzene rings is 2. The monoisotopic (exact) mass is 432 g/mol. The molecule has 0 bridgehead atoms. The average molecular weight is 433 g/mol. The molecule has 1 aliphatic rings. The second-order valence-electron chi connectivity index (χ2n) is 5.66. The minimum Gasteiger partial charge on any atom is -0.493 e. The van der Waals surface area contributed by atoms with Crippen molar-refractivity contribution in [1.29, 1.82) is 0 Å². The lowest BCUT2D eigenvalue weighted by molar-refractivity contribution is -0.121. The third-order valence-electron chi connectivity index (χ3n) is 3.87. The Labute approximate surface area is 165 Å². The van der Waals surface area contributed by atoms with Crippen LogP contribution in [0.1, 0.15) is 11.1 Å². The van der Waals surface area contributed by atoms with Crippen molar-refractivity contribution in [3.05, 3.63) is 63.8 Å². The van der Waals surface area contributed by atoms with Gasteiger partial charge in [-0.3, -0.25) is 9.69 Å². The Balaban J connectivity index is 1.86. The largest absolute Gasteiger partial charge is 0.493 e. The average Bonchev–Trinajstić information content (AvgIpc) is 2.88. The number of thiocarbonyl (C=S) groups is 1. The van der Waals surface area contributed by atoms with Crippen molar-refractivity contribution >= 4 is 45.2 Å². The number of halogens is 1. The number of likely N-dealkylation sites (N-methyl/N-ethyl adjacent to an activating group) is 1. The number of rotatable bonds is 5. The maximum atomic E-state index is 12.1. The molecule has 0 aromatic heterocycles. The summed E-state index contributed by atoms with van der Waals surface area (Å²) in [5.74, 6) is 1.01. The summed E-state index contributed by atoms with van der Waals surface area (Å²) >= 11 is 8.61. The first-order valence-corrected chi connectivity index (χ1v) is 9.04. The molecule has 3 rings (SSSR count). The van der Waals surface area contributed by atoms with Gasteiger partial charge in [0.1, 0.15) is 12.3 Å². The predicted molar refractivity (Wildman–Crippen MR) is 108 cm³/mol. The lowest BCUT2D eigenvalue weighted by Gasteiger charge is -2.14. The summed E-state index contributed by atoms with van der Waals surface area (Å²) in [6, 6.07) is 13.6. The first-order chi connectivity index (χ1) is 12.5. The van der Waals surface area contributed by atoms with Crippen LogP contribution < -0.4 is 14.8 Å². The Hall–Kier alpha value is -2.38. The van der Waals surface area contributed by atoms with E-state index < -0.39 is 0 Å². The van der Waals surface area contributed by atoms with Gasteiger partial charge in [-0.15, -0.1) is 0 Å². The van der Waals surface area contributed by atoms with Crippen LogP contribution >= 0.6 is 28.1 Å². The molecule has 1 aliphatic heterocycles. The van der Waals surface area contributed by atoms with E-state index in [0.29, 0.717) is 28.9 Å². The summed E-state index contributed by atoms with van der Waals surface area (Å²) in [6.45, 7) is 0.426. The predicted octanol–water partition coefficient (Wildman–Crippen LogP) is 3.72. The minimum atomic E-state index is -0.172. The van der Waals surface area contributed by atoms with Gasteiger partial charge in [0.25, 0.3) is 5.91 Å². The number of carbonyl (C=O) groups excluding carboxylic acids is 1. The molecule has 26 heavy (non-hydrogen) atoms. The summed E-state index contributed by atoms with van der Waals surface area (Å²) in [4.78, 5) is 13.5. The maximum absolute atomic E-state index is 12.1. The Morgan fingerprint density at radius 1 is 1.27 bits per heavy atom. The lowest BCUT2D eigenvalue weighted by Crippen LogP contribution is -2.25. The van der Waals surface area contributed by atoms with Crippen molar-refractivity contribution in [2.75, 3.05) is 14.2 Å². The van der Waals surface area contributed by atoms with Crippen LogP contribution in [-0.2, 0) is 11.4 Å². The molecule has 0 saturated carbocycles. The molecular formula is C19H17BrN2O3S. The molecule has 134 valence electrons. The van der Waals surface area contributed by atoms with Gasteiger partial charge in [-0.25, -0.2) is 0 Å². The number of methoxy groups -OCH3 is 1. The molecule has 0 aliphatic carbocycles. The molecule has 1 heterocycles. The number of nitrogens with zero attached hydrogens (tertiary/aromatic N) is 1. The fraction of sp³-hybridized carbons (Fsp3) is 0.158. The third kappa shape index (κ3) is 3.89. The van der Waals surface area contributed by atoms with E-state index in [4.69, 9.17) is 21.7 Å². The number of ether oxygens (including phenoxy) is 2. The Kier molecular flexibility index (Phi) is 5.58. The molecule has 0 atom stereocenters. The molecule has 1 amide bonds. The number of nitrogens with one attached hydrogen (secondary N) is 1. The van der Waals surface area contributed by atoms with Crippen LogP contribution in [0, 0.1) is 0 Å². The van der Waals surface area contributed by atoms with Crippen molar-refractivity contribution in [1.82, 2.24) is 10.2 Å². The van der Waals surface area contributed by atoms with Crippen LogP contribution in [0.15, 0.2) is 52.6 Å². The highest BCUT2D eigenvalue weighted by Crippen LogP contribution is 2.37. The van der Waals surface area contributed by atoms with Crippen LogP contribution in [0.2, 0.25) is 0 Å². The standard InChI is InChI=1S/C19H17BrN2O3S/c1-22-18(23)15(21-19(22)26)9-13-8-14(20)17(16(10-13)24-2)25-11-12-6-4-3-5-7-12/h3-10H,11H2,1-2H3,(H,21,26). The van der Waals surface area contributed by atoms with E-state index in [-0.39, 0.29) is 5.91 Å². The highest BCUT2D eigenvalue weighted by molar-refractivity contribution is 9.10. The van der Waals surface area contributed by atoms with Crippen molar-refractivity contribution < 1.29 is 14.3 Å². The van der Waals surface area contributed by atoms with Gasteiger partial charge in [-0.1, -0.05) is 30.3 Å². The molecule has 0 spiro atoms.